The van der Waals surface area contributed by atoms with Gasteiger partial charge in [-0.15, -0.1) is 0 Å². The molecule has 1 unspecified atom stereocenters. The molecule has 1 aliphatic heterocycles. The Hall–Kier alpha value is -0.130. The van der Waals surface area contributed by atoms with Crippen LogP contribution in [0.2, 0.25) is 0 Å². The average Bonchev–Trinajstić information content (AvgIpc) is 1.85. The van der Waals surface area contributed by atoms with Gasteiger partial charge in [0.2, 0.25) is 0 Å². The molecule has 2 N–H and O–H groups in total. The van der Waals surface area contributed by atoms with Gasteiger partial charge in [0.05, 0.1) is 5.75 Å². The van der Waals surface area contributed by atoms with E-state index in [1.807, 2.05) is 0 Å². The number of hydrogen-bond acceptors (Lipinski definition) is 3. The molecule has 0 saturated carbocycles. The highest BCUT2D eigenvalue weighted by Gasteiger charge is 2.18. The molecule has 1 fully saturated rings. The van der Waals surface area contributed by atoms with Crippen molar-refractivity contribution in [3.05, 3.63) is 0 Å². The Morgan fingerprint density at radius 1 is 1.45 bits per heavy atom. The van der Waals surface area contributed by atoms with Gasteiger partial charge in [-0.05, 0) is 19.4 Å². The molecule has 5 heteroatoms. The largest absolute Gasteiger partial charge is 0.313 e. The lowest BCUT2D eigenvalue weighted by molar-refractivity contribution is 0.408. The van der Waals surface area contributed by atoms with E-state index < -0.39 is 10.1 Å². The van der Waals surface area contributed by atoms with Crippen LogP contribution < -0.4 is 5.32 Å². The van der Waals surface area contributed by atoms with Crippen molar-refractivity contribution in [3.8, 4) is 0 Å². The first-order chi connectivity index (χ1) is 5.08. The first-order valence-electron chi connectivity index (χ1n) is 3.76. The Labute approximate surface area is 66.7 Å². The van der Waals surface area contributed by atoms with Gasteiger partial charge in [0, 0.05) is 6.04 Å². The molecule has 1 rings (SSSR count). The molecule has 11 heavy (non-hydrogen) atoms. The molecular formula is C6H13NO3S. The van der Waals surface area contributed by atoms with Crippen molar-refractivity contribution in [2.45, 2.75) is 25.3 Å². The quantitative estimate of drug-likeness (QED) is 0.586. The zero-order valence-corrected chi connectivity index (χ0v) is 7.10. The SMILES string of the molecule is O=S(=O)(O)CC1CCCCN1. The normalized spacial score (nSPS) is 26.8. The number of piperidine rings is 1. The molecule has 0 aromatic carbocycles. The van der Waals surface area contributed by atoms with Crippen molar-refractivity contribution < 1.29 is 13.0 Å². The van der Waals surface area contributed by atoms with Gasteiger partial charge in [0.25, 0.3) is 10.1 Å². The molecule has 1 aliphatic rings. The maximum Gasteiger partial charge on any atom is 0.266 e. The summed E-state index contributed by atoms with van der Waals surface area (Å²) in [5.74, 6) is -0.146. The second-order valence-electron chi connectivity index (χ2n) is 2.90. The molecule has 4 nitrogen and oxygen atoms in total. The van der Waals surface area contributed by atoms with Gasteiger partial charge in [-0.2, -0.15) is 8.42 Å². The van der Waals surface area contributed by atoms with E-state index in [9.17, 15) is 8.42 Å². The zero-order valence-electron chi connectivity index (χ0n) is 6.28. The van der Waals surface area contributed by atoms with E-state index in [1.165, 1.54) is 0 Å². The van der Waals surface area contributed by atoms with Crippen LogP contribution in [0.1, 0.15) is 19.3 Å². The summed E-state index contributed by atoms with van der Waals surface area (Å²) in [7, 11) is -3.79. The van der Waals surface area contributed by atoms with E-state index >= 15 is 0 Å². The lowest BCUT2D eigenvalue weighted by Crippen LogP contribution is -2.39. The van der Waals surface area contributed by atoms with Gasteiger partial charge in [0.1, 0.15) is 0 Å². The molecular weight excluding hydrogens is 166 g/mol. The van der Waals surface area contributed by atoms with Crippen LogP contribution in [0.5, 0.6) is 0 Å². The molecule has 1 heterocycles. The van der Waals surface area contributed by atoms with Crippen LogP contribution in [0, 0.1) is 0 Å². The fourth-order valence-electron chi connectivity index (χ4n) is 1.32. The molecule has 1 saturated heterocycles. The smallest absolute Gasteiger partial charge is 0.266 e. The van der Waals surface area contributed by atoms with Gasteiger partial charge < -0.3 is 5.32 Å². The molecule has 0 spiro atoms. The van der Waals surface area contributed by atoms with Crippen LogP contribution in [0.25, 0.3) is 0 Å². The first kappa shape index (κ1) is 8.96. The minimum atomic E-state index is -3.79. The predicted octanol–water partition coefficient (Wildman–Crippen LogP) is 0.0163. The van der Waals surface area contributed by atoms with Crippen LogP contribution >= 0.6 is 0 Å². The summed E-state index contributed by atoms with van der Waals surface area (Å²) in [6.07, 6.45) is 2.99. The summed E-state index contributed by atoms with van der Waals surface area (Å²) in [5.41, 5.74) is 0. The Bertz CT molecular complexity index is 206. The fraction of sp³-hybridized carbons (Fsp3) is 1.00. The van der Waals surface area contributed by atoms with Gasteiger partial charge in [0.15, 0.2) is 0 Å². The summed E-state index contributed by atoms with van der Waals surface area (Å²) in [6, 6.07) is -0.0428. The van der Waals surface area contributed by atoms with Crippen molar-refractivity contribution in [1.82, 2.24) is 5.32 Å². The van der Waals surface area contributed by atoms with Gasteiger partial charge in [-0.25, -0.2) is 0 Å². The molecule has 0 aromatic heterocycles. The second kappa shape index (κ2) is 3.51. The summed E-state index contributed by atoms with van der Waals surface area (Å²) < 4.78 is 29.3. The average molecular weight is 179 g/mol. The van der Waals surface area contributed by atoms with Crippen molar-refractivity contribution in [2.75, 3.05) is 12.3 Å². The second-order valence-corrected chi connectivity index (χ2v) is 4.39. The molecule has 0 radical (unpaired) electrons. The number of hydrogen-bond donors (Lipinski definition) is 2. The van der Waals surface area contributed by atoms with Crippen LogP contribution in [-0.2, 0) is 10.1 Å². The van der Waals surface area contributed by atoms with E-state index in [-0.39, 0.29) is 11.8 Å². The minimum absolute atomic E-state index is 0.0428. The van der Waals surface area contributed by atoms with E-state index in [2.05, 4.69) is 5.32 Å². The maximum atomic E-state index is 10.4. The lowest BCUT2D eigenvalue weighted by Gasteiger charge is -2.21. The predicted molar refractivity (Wildman–Crippen MR) is 42.1 cm³/mol. The molecule has 0 aliphatic carbocycles. The maximum absolute atomic E-state index is 10.4. The first-order valence-corrected chi connectivity index (χ1v) is 5.37. The molecule has 0 amide bonds. The molecule has 66 valence electrons. The van der Waals surface area contributed by atoms with Crippen molar-refractivity contribution in [3.63, 3.8) is 0 Å². The standard InChI is InChI=1S/C6H13NO3S/c8-11(9,10)5-6-3-1-2-4-7-6/h6-7H,1-5H2,(H,8,9,10). The Kier molecular flexibility index (Phi) is 2.86. The van der Waals surface area contributed by atoms with E-state index in [1.54, 1.807) is 0 Å². The van der Waals surface area contributed by atoms with Crippen LogP contribution in [-0.4, -0.2) is 31.3 Å². The highest BCUT2D eigenvalue weighted by atomic mass is 32.2. The van der Waals surface area contributed by atoms with Crippen LogP contribution in [0.4, 0.5) is 0 Å². The molecule has 1 atom stereocenters. The van der Waals surface area contributed by atoms with Crippen molar-refractivity contribution in [1.29, 1.82) is 0 Å². The van der Waals surface area contributed by atoms with E-state index in [0.29, 0.717) is 0 Å². The van der Waals surface area contributed by atoms with Crippen LogP contribution in [0.3, 0.4) is 0 Å². The highest BCUT2D eigenvalue weighted by Crippen LogP contribution is 2.07. The summed E-state index contributed by atoms with van der Waals surface area (Å²) in [4.78, 5) is 0. The van der Waals surface area contributed by atoms with Crippen molar-refractivity contribution >= 4 is 10.1 Å². The summed E-state index contributed by atoms with van der Waals surface area (Å²) in [6.45, 7) is 0.861. The Balaban J connectivity index is 2.36. The third-order valence-electron chi connectivity index (χ3n) is 1.82. The topological polar surface area (TPSA) is 66.4 Å². The Morgan fingerprint density at radius 3 is 2.64 bits per heavy atom. The van der Waals surface area contributed by atoms with Crippen molar-refractivity contribution in [2.24, 2.45) is 0 Å². The third kappa shape index (κ3) is 3.69. The lowest BCUT2D eigenvalue weighted by atomic mass is 10.1. The van der Waals surface area contributed by atoms with Gasteiger partial charge in [-0.1, -0.05) is 6.42 Å². The van der Waals surface area contributed by atoms with E-state index in [0.717, 1.165) is 25.8 Å². The van der Waals surface area contributed by atoms with Gasteiger partial charge >= 0.3 is 0 Å². The minimum Gasteiger partial charge on any atom is -0.313 e. The summed E-state index contributed by atoms with van der Waals surface area (Å²) in [5, 5.41) is 3.04. The highest BCUT2D eigenvalue weighted by molar-refractivity contribution is 7.85. The fourth-order valence-corrected chi connectivity index (χ4v) is 2.11. The zero-order chi connectivity index (χ0) is 8.32. The van der Waals surface area contributed by atoms with Gasteiger partial charge in [-0.3, -0.25) is 4.55 Å². The third-order valence-corrected chi connectivity index (χ3v) is 2.65. The number of rotatable bonds is 2. The monoisotopic (exact) mass is 179 g/mol. The Morgan fingerprint density at radius 2 is 2.18 bits per heavy atom. The van der Waals surface area contributed by atoms with E-state index in [4.69, 9.17) is 4.55 Å². The molecule has 0 aromatic rings. The summed E-state index contributed by atoms with van der Waals surface area (Å²) >= 11 is 0. The molecule has 0 bridgehead atoms. The number of nitrogens with one attached hydrogen (secondary N) is 1. The van der Waals surface area contributed by atoms with Crippen LogP contribution in [0.15, 0.2) is 0 Å².